The van der Waals surface area contributed by atoms with Gasteiger partial charge in [-0.25, -0.2) is 9.97 Å². The number of H-pyrrole nitrogens is 1. The summed E-state index contributed by atoms with van der Waals surface area (Å²) >= 11 is 6.49. The van der Waals surface area contributed by atoms with E-state index in [4.69, 9.17) is 5.73 Å². The van der Waals surface area contributed by atoms with E-state index in [9.17, 15) is 0 Å². The maximum atomic E-state index is 5.51. The predicted octanol–water partition coefficient (Wildman–Crippen LogP) is 3.46. The summed E-state index contributed by atoms with van der Waals surface area (Å²) in [6, 6.07) is 7.45. The smallest absolute Gasteiger partial charge is 0.109 e. The first kappa shape index (κ1) is 14.0. The Kier molecular flexibility index (Phi) is 4.49. The second kappa shape index (κ2) is 6.12. The largest absolute Gasteiger partial charge is 0.397 e. The standard InChI is InChI=1S/C6H4BrN3.C6H7BrN2/c7-6-2-1-4-5(9-6)3-8-10-4;1-4-5(8)2-3-6(7)9-4/h1-3H,(H,8,10);2-3H,8H2,1H3. The van der Waals surface area contributed by atoms with Gasteiger partial charge in [-0.05, 0) is 63.0 Å². The third-order valence-corrected chi connectivity index (χ3v) is 3.24. The van der Waals surface area contributed by atoms with Crippen LogP contribution in [0.1, 0.15) is 5.69 Å². The molecule has 19 heavy (non-hydrogen) atoms. The summed E-state index contributed by atoms with van der Waals surface area (Å²) in [5, 5.41) is 6.65. The Morgan fingerprint density at radius 3 is 2.42 bits per heavy atom. The first-order valence-corrected chi connectivity index (χ1v) is 6.99. The molecule has 5 nitrogen and oxygen atoms in total. The molecular formula is C12H11Br2N5. The van der Waals surface area contributed by atoms with Crippen LogP contribution in [0.2, 0.25) is 0 Å². The zero-order chi connectivity index (χ0) is 13.8. The van der Waals surface area contributed by atoms with Crippen LogP contribution in [0.5, 0.6) is 0 Å². The van der Waals surface area contributed by atoms with Gasteiger partial charge >= 0.3 is 0 Å². The van der Waals surface area contributed by atoms with Gasteiger partial charge in [-0.3, -0.25) is 5.10 Å². The molecule has 0 amide bonds. The molecule has 0 unspecified atom stereocenters. The van der Waals surface area contributed by atoms with Gasteiger partial charge in [-0.15, -0.1) is 0 Å². The lowest BCUT2D eigenvalue weighted by Gasteiger charge is -1.96. The quantitative estimate of drug-likeness (QED) is 0.581. The molecular weight excluding hydrogens is 374 g/mol. The SMILES string of the molecule is Brc1ccc2[nH]ncc2n1.Cc1nc(Br)ccc1N. The number of fused-ring (bicyclic) bond motifs is 1. The fraction of sp³-hybridized carbons (Fsp3) is 0.0833. The molecule has 3 aromatic heterocycles. The van der Waals surface area contributed by atoms with Crippen LogP contribution in [0.25, 0.3) is 11.0 Å². The lowest BCUT2D eigenvalue weighted by molar-refractivity contribution is 1.12. The summed E-state index contributed by atoms with van der Waals surface area (Å²) in [4.78, 5) is 8.22. The van der Waals surface area contributed by atoms with E-state index in [0.29, 0.717) is 0 Å². The van der Waals surface area contributed by atoms with Gasteiger partial charge in [0, 0.05) is 0 Å². The van der Waals surface area contributed by atoms with Crippen molar-refractivity contribution in [2.24, 2.45) is 0 Å². The van der Waals surface area contributed by atoms with Gasteiger partial charge in [0.2, 0.25) is 0 Å². The lowest BCUT2D eigenvalue weighted by atomic mass is 10.3. The summed E-state index contributed by atoms with van der Waals surface area (Å²) in [5.74, 6) is 0. The average Bonchev–Trinajstić information content (AvgIpc) is 2.82. The summed E-state index contributed by atoms with van der Waals surface area (Å²) in [6.45, 7) is 1.88. The molecule has 0 saturated heterocycles. The summed E-state index contributed by atoms with van der Waals surface area (Å²) in [6.07, 6.45) is 1.69. The summed E-state index contributed by atoms with van der Waals surface area (Å²) < 4.78 is 1.66. The number of hydrogen-bond acceptors (Lipinski definition) is 4. The molecule has 0 atom stereocenters. The Hall–Kier alpha value is -1.47. The molecule has 3 heterocycles. The molecule has 0 radical (unpaired) electrons. The van der Waals surface area contributed by atoms with E-state index in [1.807, 2.05) is 31.2 Å². The van der Waals surface area contributed by atoms with Crippen molar-refractivity contribution in [3.05, 3.63) is 45.4 Å². The van der Waals surface area contributed by atoms with Gasteiger partial charge in [0.25, 0.3) is 0 Å². The average molecular weight is 385 g/mol. The number of nitrogens with two attached hydrogens (primary N) is 1. The molecule has 0 fully saturated rings. The van der Waals surface area contributed by atoms with Crippen molar-refractivity contribution >= 4 is 48.6 Å². The molecule has 0 aliphatic carbocycles. The normalized spacial score (nSPS) is 10.1. The molecule has 7 heteroatoms. The van der Waals surface area contributed by atoms with Crippen LogP contribution in [0.3, 0.4) is 0 Å². The van der Waals surface area contributed by atoms with Gasteiger partial charge in [0.1, 0.15) is 14.7 Å². The highest BCUT2D eigenvalue weighted by molar-refractivity contribution is 9.10. The molecule has 0 saturated carbocycles. The fourth-order valence-electron chi connectivity index (χ4n) is 1.35. The molecule has 0 aromatic carbocycles. The van der Waals surface area contributed by atoms with Crippen molar-refractivity contribution in [2.75, 3.05) is 5.73 Å². The van der Waals surface area contributed by atoms with E-state index < -0.39 is 0 Å². The third-order valence-electron chi connectivity index (χ3n) is 2.36. The Bertz CT molecular complexity index is 695. The number of aryl methyl sites for hydroxylation is 1. The maximum Gasteiger partial charge on any atom is 0.109 e. The minimum Gasteiger partial charge on any atom is -0.397 e. The first-order valence-electron chi connectivity index (χ1n) is 5.40. The molecule has 3 rings (SSSR count). The first-order chi connectivity index (χ1) is 9.06. The van der Waals surface area contributed by atoms with Gasteiger partial charge in [-0.2, -0.15) is 5.10 Å². The minimum atomic E-state index is 0.734. The Labute approximate surface area is 126 Å². The Balaban J connectivity index is 0.000000141. The highest BCUT2D eigenvalue weighted by Crippen LogP contribution is 2.12. The number of nitrogens with zero attached hydrogens (tertiary/aromatic N) is 3. The van der Waals surface area contributed by atoms with Crippen LogP contribution in [-0.4, -0.2) is 20.2 Å². The van der Waals surface area contributed by atoms with Crippen molar-refractivity contribution in [2.45, 2.75) is 6.92 Å². The topological polar surface area (TPSA) is 80.5 Å². The number of anilines is 1. The number of aromatic amines is 1. The molecule has 3 aromatic rings. The summed E-state index contributed by atoms with van der Waals surface area (Å²) in [5.41, 5.74) is 8.95. The van der Waals surface area contributed by atoms with Crippen LogP contribution < -0.4 is 5.73 Å². The monoisotopic (exact) mass is 383 g/mol. The Morgan fingerprint density at radius 1 is 1.05 bits per heavy atom. The number of nitrogen functional groups attached to an aromatic ring is 1. The molecule has 0 bridgehead atoms. The molecule has 98 valence electrons. The maximum absolute atomic E-state index is 5.51. The number of rotatable bonds is 0. The van der Waals surface area contributed by atoms with E-state index in [2.05, 4.69) is 52.0 Å². The van der Waals surface area contributed by atoms with Gasteiger partial charge in [0.15, 0.2) is 0 Å². The van der Waals surface area contributed by atoms with Crippen molar-refractivity contribution in [3.63, 3.8) is 0 Å². The fourth-order valence-corrected chi connectivity index (χ4v) is 2.07. The zero-order valence-corrected chi connectivity index (χ0v) is 13.2. The van der Waals surface area contributed by atoms with E-state index >= 15 is 0 Å². The predicted molar refractivity (Wildman–Crippen MR) is 82.7 cm³/mol. The second-order valence-corrected chi connectivity index (χ2v) is 5.37. The molecule has 0 aliphatic heterocycles. The van der Waals surface area contributed by atoms with E-state index in [-0.39, 0.29) is 0 Å². The van der Waals surface area contributed by atoms with Crippen LogP contribution >= 0.6 is 31.9 Å². The van der Waals surface area contributed by atoms with Crippen LogP contribution in [0, 0.1) is 6.92 Å². The highest BCUT2D eigenvalue weighted by Gasteiger charge is 1.95. The second-order valence-electron chi connectivity index (χ2n) is 3.75. The number of pyridine rings is 2. The van der Waals surface area contributed by atoms with Crippen molar-refractivity contribution < 1.29 is 0 Å². The van der Waals surface area contributed by atoms with Crippen LogP contribution in [0.15, 0.2) is 39.7 Å². The number of nitrogens with one attached hydrogen (secondary N) is 1. The third kappa shape index (κ3) is 3.74. The minimum absolute atomic E-state index is 0.734. The zero-order valence-electron chi connectivity index (χ0n) is 10.1. The number of hydrogen-bond donors (Lipinski definition) is 2. The number of halogens is 2. The Morgan fingerprint density at radius 2 is 1.74 bits per heavy atom. The van der Waals surface area contributed by atoms with Gasteiger partial charge in [0.05, 0.1) is 23.1 Å². The van der Waals surface area contributed by atoms with Gasteiger partial charge in [-0.1, -0.05) is 0 Å². The molecule has 0 spiro atoms. The van der Waals surface area contributed by atoms with Crippen LogP contribution in [-0.2, 0) is 0 Å². The van der Waals surface area contributed by atoms with Crippen molar-refractivity contribution in [1.82, 2.24) is 20.2 Å². The van der Waals surface area contributed by atoms with E-state index in [1.54, 1.807) is 6.20 Å². The number of aromatic nitrogens is 4. The molecule has 0 aliphatic rings. The highest BCUT2D eigenvalue weighted by atomic mass is 79.9. The van der Waals surface area contributed by atoms with Crippen LogP contribution in [0.4, 0.5) is 5.69 Å². The molecule has 3 N–H and O–H groups in total. The van der Waals surface area contributed by atoms with E-state index in [0.717, 1.165) is 31.6 Å². The summed E-state index contributed by atoms with van der Waals surface area (Å²) in [7, 11) is 0. The van der Waals surface area contributed by atoms with Crippen molar-refractivity contribution in [3.8, 4) is 0 Å². The lowest BCUT2D eigenvalue weighted by Crippen LogP contribution is -1.91. The van der Waals surface area contributed by atoms with Crippen molar-refractivity contribution in [1.29, 1.82) is 0 Å². The van der Waals surface area contributed by atoms with Gasteiger partial charge < -0.3 is 5.73 Å². The van der Waals surface area contributed by atoms with E-state index in [1.165, 1.54) is 0 Å².